The summed E-state index contributed by atoms with van der Waals surface area (Å²) in [7, 11) is 0. The molecule has 1 heterocycles. The van der Waals surface area contributed by atoms with E-state index >= 15 is 0 Å². The molecule has 0 aromatic carbocycles. The number of rotatable bonds is 3. The van der Waals surface area contributed by atoms with Crippen LogP contribution in [0, 0.1) is 5.41 Å². The first-order valence-corrected chi connectivity index (χ1v) is 6.51. The minimum Gasteiger partial charge on any atom is -0.376 e. The van der Waals surface area contributed by atoms with Crippen LogP contribution in [0.5, 0.6) is 0 Å². The van der Waals surface area contributed by atoms with E-state index < -0.39 is 0 Å². The number of likely N-dealkylation sites (tertiary alicyclic amines) is 1. The molecule has 1 spiro atoms. The van der Waals surface area contributed by atoms with Gasteiger partial charge in [0.15, 0.2) is 0 Å². The molecule has 0 amide bonds. The Labute approximate surface area is 94.0 Å². The molecule has 0 aromatic rings. The molecule has 1 aliphatic heterocycles. The van der Waals surface area contributed by atoms with Crippen LogP contribution in [0.2, 0.25) is 0 Å². The van der Waals surface area contributed by atoms with Gasteiger partial charge in [-0.05, 0) is 51.5 Å². The van der Waals surface area contributed by atoms with Crippen molar-refractivity contribution in [1.29, 1.82) is 0 Å². The number of hydrogen-bond donors (Lipinski definition) is 0. The fraction of sp³-hybridized carbons (Fsp3) is 1.00. The van der Waals surface area contributed by atoms with Gasteiger partial charge in [0, 0.05) is 13.1 Å². The molecule has 2 fully saturated rings. The van der Waals surface area contributed by atoms with Gasteiger partial charge in [-0.25, -0.2) is 0 Å². The van der Waals surface area contributed by atoms with Gasteiger partial charge >= 0.3 is 0 Å². The van der Waals surface area contributed by atoms with Gasteiger partial charge < -0.3 is 9.64 Å². The second-order valence-corrected chi connectivity index (χ2v) is 5.69. The van der Waals surface area contributed by atoms with Crippen LogP contribution in [0.1, 0.15) is 46.5 Å². The second kappa shape index (κ2) is 4.42. The first-order valence-electron chi connectivity index (χ1n) is 6.51. The van der Waals surface area contributed by atoms with Crippen molar-refractivity contribution >= 4 is 0 Å². The third-order valence-electron chi connectivity index (χ3n) is 4.02. The first-order chi connectivity index (χ1) is 7.13. The van der Waals surface area contributed by atoms with E-state index in [0.29, 0.717) is 17.6 Å². The van der Waals surface area contributed by atoms with Crippen molar-refractivity contribution in [3.8, 4) is 0 Å². The van der Waals surface area contributed by atoms with Gasteiger partial charge in [0.05, 0.1) is 12.2 Å². The summed E-state index contributed by atoms with van der Waals surface area (Å²) < 4.78 is 5.89. The molecule has 2 nitrogen and oxygen atoms in total. The number of nitrogens with zero attached hydrogens (tertiary/aromatic N) is 1. The predicted molar refractivity (Wildman–Crippen MR) is 63.0 cm³/mol. The molecule has 0 bridgehead atoms. The van der Waals surface area contributed by atoms with Crippen LogP contribution in [-0.2, 0) is 4.74 Å². The summed E-state index contributed by atoms with van der Waals surface area (Å²) in [6, 6.07) is 0. The molecule has 1 saturated carbocycles. The van der Waals surface area contributed by atoms with Crippen LogP contribution < -0.4 is 0 Å². The molecule has 0 unspecified atom stereocenters. The van der Waals surface area contributed by atoms with Crippen LogP contribution in [0.3, 0.4) is 0 Å². The maximum absolute atomic E-state index is 5.89. The SMILES string of the molecule is CCN1CC2(CCC(OC(C)C)CC2)C1. The van der Waals surface area contributed by atoms with Crippen molar-refractivity contribution in [2.24, 2.45) is 5.41 Å². The van der Waals surface area contributed by atoms with Gasteiger partial charge in [-0.1, -0.05) is 6.92 Å². The average Bonchev–Trinajstić information content (AvgIpc) is 2.15. The van der Waals surface area contributed by atoms with E-state index in [4.69, 9.17) is 4.74 Å². The third-order valence-corrected chi connectivity index (χ3v) is 4.02. The van der Waals surface area contributed by atoms with Crippen molar-refractivity contribution in [2.75, 3.05) is 19.6 Å². The van der Waals surface area contributed by atoms with E-state index in [1.165, 1.54) is 45.3 Å². The molecule has 1 saturated heterocycles. The highest BCUT2D eigenvalue weighted by molar-refractivity contribution is 4.97. The Morgan fingerprint density at radius 1 is 1.27 bits per heavy atom. The van der Waals surface area contributed by atoms with Gasteiger partial charge in [0.25, 0.3) is 0 Å². The molecule has 2 rings (SSSR count). The maximum Gasteiger partial charge on any atom is 0.0579 e. The zero-order valence-electron chi connectivity index (χ0n) is 10.5. The molecule has 1 aliphatic carbocycles. The fourth-order valence-corrected chi connectivity index (χ4v) is 3.17. The minimum atomic E-state index is 0.401. The van der Waals surface area contributed by atoms with E-state index in [9.17, 15) is 0 Å². The lowest BCUT2D eigenvalue weighted by Gasteiger charge is -2.53. The van der Waals surface area contributed by atoms with Crippen LogP contribution >= 0.6 is 0 Å². The molecule has 15 heavy (non-hydrogen) atoms. The fourth-order valence-electron chi connectivity index (χ4n) is 3.17. The molecular formula is C13H25NO. The van der Waals surface area contributed by atoms with Crippen molar-refractivity contribution in [3.63, 3.8) is 0 Å². The second-order valence-electron chi connectivity index (χ2n) is 5.69. The topological polar surface area (TPSA) is 12.5 Å². The van der Waals surface area contributed by atoms with Gasteiger partial charge in [-0.15, -0.1) is 0 Å². The Morgan fingerprint density at radius 2 is 1.87 bits per heavy atom. The molecule has 0 aromatic heterocycles. The molecular weight excluding hydrogens is 186 g/mol. The molecule has 2 aliphatic rings. The summed E-state index contributed by atoms with van der Waals surface area (Å²) in [5.74, 6) is 0. The van der Waals surface area contributed by atoms with Crippen LogP contribution in [0.25, 0.3) is 0 Å². The summed E-state index contributed by atoms with van der Waals surface area (Å²) in [5, 5.41) is 0. The van der Waals surface area contributed by atoms with Crippen molar-refractivity contribution < 1.29 is 4.74 Å². The number of ether oxygens (including phenoxy) is 1. The van der Waals surface area contributed by atoms with Gasteiger partial charge in [0.2, 0.25) is 0 Å². The van der Waals surface area contributed by atoms with Crippen LogP contribution in [0.4, 0.5) is 0 Å². The summed E-state index contributed by atoms with van der Waals surface area (Å²) in [4.78, 5) is 2.56. The van der Waals surface area contributed by atoms with Crippen molar-refractivity contribution in [2.45, 2.75) is 58.7 Å². The first kappa shape index (κ1) is 11.4. The standard InChI is InChI=1S/C13H25NO/c1-4-14-9-13(10-14)7-5-12(6-8-13)15-11(2)3/h11-12H,4-10H2,1-3H3. The summed E-state index contributed by atoms with van der Waals surface area (Å²) in [6.07, 6.45) is 6.30. The van der Waals surface area contributed by atoms with Crippen molar-refractivity contribution in [3.05, 3.63) is 0 Å². The Morgan fingerprint density at radius 3 is 2.33 bits per heavy atom. The highest BCUT2D eigenvalue weighted by Crippen LogP contribution is 2.44. The molecule has 0 atom stereocenters. The Balaban J connectivity index is 1.73. The van der Waals surface area contributed by atoms with Crippen LogP contribution in [0.15, 0.2) is 0 Å². The Bertz CT molecular complexity index is 199. The lowest BCUT2D eigenvalue weighted by atomic mass is 9.68. The largest absolute Gasteiger partial charge is 0.376 e. The van der Waals surface area contributed by atoms with Crippen molar-refractivity contribution in [1.82, 2.24) is 4.90 Å². The molecule has 88 valence electrons. The minimum absolute atomic E-state index is 0.401. The highest BCUT2D eigenvalue weighted by atomic mass is 16.5. The number of hydrogen-bond acceptors (Lipinski definition) is 2. The monoisotopic (exact) mass is 211 g/mol. The van der Waals surface area contributed by atoms with Crippen LogP contribution in [-0.4, -0.2) is 36.7 Å². The molecule has 0 N–H and O–H groups in total. The van der Waals surface area contributed by atoms with E-state index in [-0.39, 0.29) is 0 Å². The lowest BCUT2D eigenvalue weighted by molar-refractivity contribution is -0.0819. The van der Waals surface area contributed by atoms with Gasteiger partial charge in [0.1, 0.15) is 0 Å². The maximum atomic E-state index is 5.89. The summed E-state index contributed by atoms with van der Waals surface area (Å²) >= 11 is 0. The van der Waals surface area contributed by atoms with E-state index in [0.717, 1.165) is 0 Å². The predicted octanol–water partition coefficient (Wildman–Crippen LogP) is 2.68. The zero-order valence-corrected chi connectivity index (χ0v) is 10.5. The zero-order chi connectivity index (χ0) is 10.9. The highest BCUT2D eigenvalue weighted by Gasteiger charge is 2.44. The van der Waals surface area contributed by atoms with E-state index in [1.807, 2.05) is 0 Å². The van der Waals surface area contributed by atoms with E-state index in [1.54, 1.807) is 0 Å². The molecule has 0 radical (unpaired) electrons. The van der Waals surface area contributed by atoms with Gasteiger partial charge in [-0.2, -0.15) is 0 Å². The average molecular weight is 211 g/mol. The smallest absolute Gasteiger partial charge is 0.0579 e. The van der Waals surface area contributed by atoms with Gasteiger partial charge in [-0.3, -0.25) is 0 Å². The summed E-state index contributed by atoms with van der Waals surface area (Å²) in [5.41, 5.74) is 0.687. The summed E-state index contributed by atoms with van der Waals surface area (Å²) in [6.45, 7) is 10.5. The molecule has 2 heteroatoms. The normalized spacial score (nSPS) is 27.2. The van der Waals surface area contributed by atoms with E-state index in [2.05, 4.69) is 25.7 Å². The quantitative estimate of drug-likeness (QED) is 0.711. The third kappa shape index (κ3) is 2.54. The Kier molecular flexibility index (Phi) is 3.36. The Hall–Kier alpha value is -0.0800. The lowest BCUT2D eigenvalue weighted by Crippen LogP contribution is -2.57.